The first-order valence-electron chi connectivity index (χ1n) is 9.04. The van der Waals surface area contributed by atoms with Crippen LogP contribution in [0, 0.1) is 5.92 Å². The van der Waals surface area contributed by atoms with Crippen LogP contribution < -0.4 is 5.32 Å². The van der Waals surface area contributed by atoms with Gasteiger partial charge in [-0.2, -0.15) is 0 Å². The first-order chi connectivity index (χ1) is 12.2. The minimum absolute atomic E-state index is 0.203. The zero-order valence-electron chi connectivity index (χ0n) is 14.4. The molecule has 0 amide bonds. The SMILES string of the molecule is C[C@@H]1CCCC[C@H]1Nc1nc(-c2ccccc2O)nc2ccccc12. The average Bonchev–Trinajstić information content (AvgIpc) is 2.64. The molecule has 0 radical (unpaired) electrons. The van der Waals surface area contributed by atoms with Crippen LogP contribution in [0.25, 0.3) is 22.3 Å². The van der Waals surface area contributed by atoms with E-state index >= 15 is 0 Å². The molecule has 2 N–H and O–H groups in total. The Morgan fingerprint density at radius 3 is 2.56 bits per heavy atom. The molecule has 0 unspecified atom stereocenters. The monoisotopic (exact) mass is 333 g/mol. The molecule has 4 heteroatoms. The lowest BCUT2D eigenvalue weighted by atomic mass is 9.86. The molecule has 2 aromatic carbocycles. The summed E-state index contributed by atoms with van der Waals surface area (Å²) in [4.78, 5) is 9.45. The highest BCUT2D eigenvalue weighted by molar-refractivity contribution is 5.91. The van der Waals surface area contributed by atoms with Crippen LogP contribution in [0.1, 0.15) is 32.6 Å². The molecule has 0 bridgehead atoms. The normalized spacial score (nSPS) is 20.5. The van der Waals surface area contributed by atoms with Crippen LogP contribution in [-0.4, -0.2) is 21.1 Å². The van der Waals surface area contributed by atoms with Crippen molar-refractivity contribution in [1.82, 2.24) is 9.97 Å². The van der Waals surface area contributed by atoms with Gasteiger partial charge in [0.1, 0.15) is 11.6 Å². The van der Waals surface area contributed by atoms with Gasteiger partial charge in [-0.3, -0.25) is 0 Å². The summed E-state index contributed by atoms with van der Waals surface area (Å²) in [5.41, 5.74) is 1.55. The number of nitrogens with one attached hydrogen (secondary N) is 1. The molecular formula is C21H23N3O. The van der Waals surface area contributed by atoms with Crippen molar-refractivity contribution in [2.75, 3.05) is 5.32 Å². The van der Waals surface area contributed by atoms with Gasteiger partial charge in [0, 0.05) is 11.4 Å². The van der Waals surface area contributed by atoms with Crippen molar-refractivity contribution < 1.29 is 5.11 Å². The Morgan fingerprint density at radius 2 is 1.72 bits per heavy atom. The molecular weight excluding hydrogens is 310 g/mol. The third kappa shape index (κ3) is 3.16. The first-order valence-corrected chi connectivity index (χ1v) is 9.04. The third-order valence-electron chi connectivity index (χ3n) is 5.18. The highest BCUT2D eigenvalue weighted by Crippen LogP contribution is 2.32. The van der Waals surface area contributed by atoms with Crippen LogP contribution in [0.5, 0.6) is 5.75 Å². The fourth-order valence-electron chi connectivity index (χ4n) is 3.68. The lowest BCUT2D eigenvalue weighted by molar-refractivity contribution is 0.349. The van der Waals surface area contributed by atoms with E-state index in [0.717, 1.165) is 16.7 Å². The number of para-hydroxylation sites is 2. The van der Waals surface area contributed by atoms with Gasteiger partial charge < -0.3 is 10.4 Å². The molecule has 4 nitrogen and oxygen atoms in total. The Labute approximate surface area is 148 Å². The molecule has 1 saturated carbocycles. The van der Waals surface area contributed by atoms with Gasteiger partial charge in [-0.1, -0.05) is 44.0 Å². The van der Waals surface area contributed by atoms with Crippen molar-refractivity contribution in [3.05, 3.63) is 48.5 Å². The van der Waals surface area contributed by atoms with E-state index in [0.29, 0.717) is 23.3 Å². The molecule has 2 atom stereocenters. The number of hydrogen-bond donors (Lipinski definition) is 2. The summed E-state index contributed by atoms with van der Waals surface area (Å²) in [6, 6.07) is 15.7. The number of benzene rings is 2. The molecule has 1 aliphatic carbocycles. The number of fused-ring (bicyclic) bond motifs is 1. The molecule has 0 aliphatic heterocycles. The summed E-state index contributed by atoms with van der Waals surface area (Å²) in [6.07, 6.45) is 5.00. The van der Waals surface area contributed by atoms with Gasteiger partial charge in [-0.15, -0.1) is 0 Å². The van der Waals surface area contributed by atoms with Crippen LogP contribution in [-0.2, 0) is 0 Å². The molecule has 128 valence electrons. The molecule has 1 aromatic heterocycles. The first kappa shape index (κ1) is 15.9. The number of aromatic nitrogens is 2. The fourth-order valence-corrected chi connectivity index (χ4v) is 3.68. The topological polar surface area (TPSA) is 58.0 Å². The van der Waals surface area contributed by atoms with Crippen LogP contribution in [0.3, 0.4) is 0 Å². The van der Waals surface area contributed by atoms with Crippen molar-refractivity contribution in [2.24, 2.45) is 5.92 Å². The Morgan fingerprint density at radius 1 is 0.960 bits per heavy atom. The predicted molar refractivity (Wildman–Crippen MR) is 102 cm³/mol. The maximum atomic E-state index is 10.2. The maximum Gasteiger partial charge on any atom is 0.165 e. The Bertz CT molecular complexity index is 893. The number of rotatable bonds is 3. The molecule has 0 saturated heterocycles. The van der Waals surface area contributed by atoms with Crippen molar-refractivity contribution in [2.45, 2.75) is 38.6 Å². The number of phenolic OH excluding ortho intramolecular Hbond substituents is 1. The highest BCUT2D eigenvalue weighted by Gasteiger charge is 2.22. The van der Waals surface area contributed by atoms with E-state index < -0.39 is 0 Å². The minimum Gasteiger partial charge on any atom is -0.507 e. The van der Waals surface area contributed by atoms with Crippen molar-refractivity contribution in [3.8, 4) is 17.1 Å². The molecule has 1 fully saturated rings. The van der Waals surface area contributed by atoms with Crippen LogP contribution in [0.15, 0.2) is 48.5 Å². The van der Waals surface area contributed by atoms with Crippen molar-refractivity contribution in [1.29, 1.82) is 0 Å². The average molecular weight is 333 g/mol. The van der Waals surface area contributed by atoms with Crippen LogP contribution >= 0.6 is 0 Å². The number of aromatic hydroxyl groups is 1. The van der Waals surface area contributed by atoms with Gasteiger partial charge >= 0.3 is 0 Å². The number of hydrogen-bond acceptors (Lipinski definition) is 4. The quantitative estimate of drug-likeness (QED) is 0.709. The van der Waals surface area contributed by atoms with Gasteiger partial charge in [0.15, 0.2) is 5.82 Å². The fraction of sp³-hybridized carbons (Fsp3) is 0.333. The molecule has 4 rings (SSSR count). The van der Waals surface area contributed by atoms with Crippen molar-refractivity contribution >= 4 is 16.7 Å². The standard InChI is InChI=1S/C21H23N3O/c1-14-8-2-5-11-17(14)22-20-15-9-3-6-12-18(15)23-21(24-20)16-10-4-7-13-19(16)25/h3-4,6-7,9-10,12-14,17,25H,2,5,8,11H2,1H3,(H,22,23,24)/t14-,17-/m1/s1. The molecule has 1 aliphatic rings. The molecule has 1 heterocycles. The predicted octanol–water partition coefficient (Wildman–Crippen LogP) is 4.99. The summed E-state index contributed by atoms with van der Waals surface area (Å²) in [6.45, 7) is 2.31. The second kappa shape index (κ2) is 6.71. The van der Waals surface area contributed by atoms with E-state index in [1.807, 2.05) is 36.4 Å². The van der Waals surface area contributed by atoms with E-state index in [1.165, 1.54) is 25.7 Å². The van der Waals surface area contributed by atoms with Crippen LogP contribution in [0.2, 0.25) is 0 Å². The summed E-state index contributed by atoms with van der Waals surface area (Å²) in [5, 5.41) is 14.9. The summed E-state index contributed by atoms with van der Waals surface area (Å²) >= 11 is 0. The number of phenols is 1. The Balaban J connectivity index is 1.80. The van der Waals surface area contributed by atoms with E-state index in [9.17, 15) is 5.11 Å². The van der Waals surface area contributed by atoms with Crippen LogP contribution in [0.4, 0.5) is 5.82 Å². The van der Waals surface area contributed by atoms with Gasteiger partial charge in [0.05, 0.1) is 11.1 Å². The lowest BCUT2D eigenvalue weighted by Gasteiger charge is -2.30. The smallest absolute Gasteiger partial charge is 0.165 e. The largest absolute Gasteiger partial charge is 0.507 e. The molecule has 25 heavy (non-hydrogen) atoms. The van der Waals surface area contributed by atoms with Crippen molar-refractivity contribution in [3.63, 3.8) is 0 Å². The minimum atomic E-state index is 0.203. The second-order valence-corrected chi connectivity index (χ2v) is 6.94. The van der Waals surface area contributed by atoms with E-state index in [1.54, 1.807) is 6.07 Å². The van der Waals surface area contributed by atoms with E-state index in [4.69, 9.17) is 4.98 Å². The summed E-state index contributed by atoms with van der Waals surface area (Å²) in [7, 11) is 0. The summed E-state index contributed by atoms with van der Waals surface area (Å²) in [5.74, 6) is 2.26. The number of anilines is 1. The van der Waals surface area contributed by atoms with E-state index in [-0.39, 0.29) is 5.75 Å². The molecule has 3 aromatic rings. The van der Waals surface area contributed by atoms with Gasteiger partial charge in [-0.05, 0) is 43.0 Å². The zero-order valence-corrected chi connectivity index (χ0v) is 14.4. The lowest BCUT2D eigenvalue weighted by Crippen LogP contribution is -2.30. The van der Waals surface area contributed by atoms with E-state index in [2.05, 4.69) is 23.3 Å². The maximum absolute atomic E-state index is 10.2. The van der Waals surface area contributed by atoms with Gasteiger partial charge in [-0.25, -0.2) is 9.97 Å². The van der Waals surface area contributed by atoms with Gasteiger partial charge in [0.2, 0.25) is 0 Å². The summed E-state index contributed by atoms with van der Waals surface area (Å²) < 4.78 is 0. The highest BCUT2D eigenvalue weighted by atomic mass is 16.3. The molecule has 0 spiro atoms. The van der Waals surface area contributed by atoms with Gasteiger partial charge in [0.25, 0.3) is 0 Å². The second-order valence-electron chi connectivity index (χ2n) is 6.94. The Hall–Kier alpha value is -2.62. The number of nitrogens with zero attached hydrogens (tertiary/aromatic N) is 2. The zero-order chi connectivity index (χ0) is 17.2. The third-order valence-corrected chi connectivity index (χ3v) is 5.18. The Kier molecular flexibility index (Phi) is 4.26.